The van der Waals surface area contributed by atoms with E-state index in [9.17, 15) is 9.59 Å². The summed E-state index contributed by atoms with van der Waals surface area (Å²) >= 11 is 0. The van der Waals surface area contributed by atoms with Gasteiger partial charge in [0.1, 0.15) is 18.3 Å². The van der Waals surface area contributed by atoms with Crippen LogP contribution in [0.15, 0.2) is 23.5 Å². The quantitative estimate of drug-likeness (QED) is 0.780. The van der Waals surface area contributed by atoms with E-state index in [1.165, 1.54) is 6.33 Å². The number of piperazine rings is 1. The fourth-order valence-electron chi connectivity index (χ4n) is 3.10. The van der Waals surface area contributed by atoms with Crippen LogP contribution in [0.5, 0.6) is 0 Å². The molecule has 9 heteroatoms. The second-order valence-electron chi connectivity index (χ2n) is 6.99. The van der Waals surface area contributed by atoms with Crippen LogP contribution in [0, 0.1) is 5.92 Å². The van der Waals surface area contributed by atoms with Gasteiger partial charge in [0.25, 0.3) is 5.91 Å². The van der Waals surface area contributed by atoms with Gasteiger partial charge < -0.3 is 9.88 Å². The number of hydrogen-bond donors (Lipinski definition) is 1. The predicted molar refractivity (Wildman–Crippen MR) is 95.8 cm³/mol. The number of H-pyrrole nitrogens is 1. The van der Waals surface area contributed by atoms with Crippen molar-refractivity contribution in [3.8, 4) is 0 Å². The van der Waals surface area contributed by atoms with Crippen molar-refractivity contribution in [2.24, 2.45) is 5.92 Å². The van der Waals surface area contributed by atoms with Gasteiger partial charge in [-0.25, -0.2) is 9.78 Å². The van der Waals surface area contributed by atoms with Gasteiger partial charge in [-0.15, -0.1) is 0 Å². The smallest absolute Gasteiger partial charge is 0.335 e. The van der Waals surface area contributed by atoms with E-state index in [-0.39, 0.29) is 11.6 Å². The van der Waals surface area contributed by atoms with E-state index >= 15 is 0 Å². The van der Waals surface area contributed by atoms with Crippen LogP contribution in [0.4, 0.5) is 0 Å². The predicted octanol–water partition coefficient (Wildman–Crippen LogP) is 0.0179. The number of aromatic nitrogens is 5. The molecule has 140 valence electrons. The normalized spacial score (nSPS) is 15.6. The van der Waals surface area contributed by atoms with Gasteiger partial charge in [0, 0.05) is 38.4 Å². The van der Waals surface area contributed by atoms with Gasteiger partial charge in [0.2, 0.25) is 0 Å². The molecule has 0 unspecified atom stereocenters. The van der Waals surface area contributed by atoms with Crippen LogP contribution in [-0.2, 0) is 13.0 Å². The Morgan fingerprint density at radius 1 is 1.23 bits per heavy atom. The minimum Gasteiger partial charge on any atom is -0.335 e. The Kier molecular flexibility index (Phi) is 5.77. The zero-order chi connectivity index (χ0) is 18.5. The third-order valence-corrected chi connectivity index (χ3v) is 4.42. The zero-order valence-electron chi connectivity index (χ0n) is 15.3. The van der Waals surface area contributed by atoms with E-state index in [1.54, 1.807) is 22.0 Å². The number of rotatable bonds is 6. The lowest BCUT2D eigenvalue weighted by Gasteiger charge is -2.34. The van der Waals surface area contributed by atoms with Crippen LogP contribution in [0.2, 0.25) is 0 Å². The van der Waals surface area contributed by atoms with Gasteiger partial charge in [0.15, 0.2) is 0 Å². The lowest BCUT2D eigenvalue weighted by molar-refractivity contribution is 0.0625. The van der Waals surface area contributed by atoms with Gasteiger partial charge in [0.05, 0.1) is 6.54 Å². The summed E-state index contributed by atoms with van der Waals surface area (Å²) in [5.74, 6) is 0.224. The van der Waals surface area contributed by atoms with Gasteiger partial charge in [-0.1, -0.05) is 13.8 Å². The van der Waals surface area contributed by atoms with Gasteiger partial charge in [-0.3, -0.25) is 14.4 Å². The Morgan fingerprint density at radius 3 is 2.65 bits per heavy atom. The minimum absolute atomic E-state index is 0.169. The number of hydrogen-bond acceptors (Lipinski definition) is 6. The average Bonchev–Trinajstić information content (AvgIpc) is 3.12. The summed E-state index contributed by atoms with van der Waals surface area (Å²) < 4.78 is 1.80. The van der Waals surface area contributed by atoms with Gasteiger partial charge >= 0.3 is 5.69 Å². The van der Waals surface area contributed by atoms with Gasteiger partial charge in [-0.2, -0.15) is 10.1 Å². The van der Waals surface area contributed by atoms with Crippen LogP contribution in [-0.4, -0.2) is 73.2 Å². The van der Waals surface area contributed by atoms with E-state index in [0.29, 0.717) is 25.4 Å². The van der Waals surface area contributed by atoms with Crippen LogP contribution in [0.1, 0.15) is 30.0 Å². The fourth-order valence-corrected chi connectivity index (χ4v) is 3.10. The lowest BCUT2D eigenvalue weighted by atomic mass is 10.1. The van der Waals surface area contributed by atoms with Crippen molar-refractivity contribution in [2.75, 3.05) is 32.7 Å². The molecule has 0 aromatic carbocycles. The van der Waals surface area contributed by atoms with Crippen molar-refractivity contribution in [1.82, 2.24) is 34.5 Å². The Morgan fingerprint density at radius 2 is 2.00 bits per heavy atom. The van der Waals surface area contributed by atoms with E-state index in [1.807, 2.05) is 0 Å². The highest BCUT2D eigenvalue weighted by Crippen LogP contribution is 2.09. The van der Waals surface area contributed by atoms with Crippen LogP contribution in [0.3, 0.4) is 0 Å². The molecule has 0 atom stereocenters. The molecule has 2 aromatic rings. The lowest BCUT2D eigenvalue weighted by Crippen LogP contribution is -2.49. The zero-order valence-corrected chi connectivity index (χ0v) is 15.3. The van der Waals surface area contributed by atoms with Crippen molar-refractivity contribution >= 4 is 5.91 Å². The first-order chi connectivity index (χ1) is 12.5. The Labute approximate surface area is 152 Å². The first kappa shape index (κ1) is 18.2. The highest BCUT2D eigenvalue weighted by atomic mass is 16.2. The monoisotopic (exact) mass is 359 g/mol. The number of nitrogens with zero attached hydrogens (tertiary/aromatic N) is 6. The van der Waals surface area contributed by atoms with Crippen LogP contribution >= 0.6 is 0 Å². The molecule has 1 aliphatic heterocycles. The first-order valence-corrected chi connectivity index (χ1v) is 8.95. The third-order valence-electron chi connectivity index (χ3n) is 4.42. The fraction of sp³-hybridized carbons (Fsp3) is 0.588. The number of aromatic amines is 1. The summed E-state index contributed by atoms with van der Waals surface area (Å²) in [5.41, 5.74) is 0.535. The van der Waals surface area contributed by atoms with Crippen molar-refractivity contribution in [2.45, 2.75) is 26.8 Å². The topological polar surface area (TPSA) is 100 Å². The molecule has 3 heterocycles. The molecular formula is C17H25N7O2. The molecule has 0 saturated carbocycles. The molecule has 9 nitrogen and oxygen atoms in total. The molecule has 1 fully saturated rings. The summed E-state index contributed by atoms with van der Waals surface area (Å²) in [6.45, 7) is 8.63. The summed E-state index contributed by atoms with van der Waals surface area (Å²) in [5, 5.41) is 4.09. The SMILES string of the molecule is CC(C)Cc1cc(C(=O)N2CCN(CCn3cncn3)CC2)nc(=O)[nH]1. The summed E-state index contributed by atoms with van der Waals surface area (Å²) in [4.78, 5) is 39.1. The summed E-state index contributed by atoms with van der Waals surface area (Å²) in [6.07, 6.45) is 3.94. The number of carbonyl (C=O) groups is 1. The number of nitrogens with one attached hydrogen (secondary N) is 1. The van der Waals surface area contributed by atoms with E-state index in [2.05, 4.69) is 38.8 Å². The van der Waals surface area contributed by atoms with Crippen molar-refractivity contribution in [3.05, 3.63) is 40.6 Å². The molecule has 1 amide bonds. The van der Waals surface area contributed by atoms with Gasteiger partial charge in [-0.05, 0) is 18.4 Å². The van der Waals surface area contributed by atoms with E-state index in [0.717, 1.165) is 31.9 Å². The molecule has 0 radical (unpaired) electrons. The first-order valence-electron chi connectivity index (χ1n) is 8.95. The molecule has 2 aromatic heterocycles. The molecule has 3 rings (SSSR count). The molecular weight excluding hydrogens is 334 g/mol. The van der Waals surface area contributed by atoms with Crippen molar-refractivity contribution < 1.29 is 4.79 Å². The highest BCUT2D eigenvalue weighted by molar-refractivity contribution is 5.92. The minimum atomic E-state index is -0.460. The Balaban J connectivity index is 1.56. The molecule has 26 heavy (non-hydrogen) atoms. The van der Waals surface area contributed by atoms with E-state index < -0.39 is 5.69 Å². The molecule has 0 aliphatic carbocycles. The molecule has 0 spiro atoms. The standard InChI is InChI=1S/C17H25N7O2/c1-13(2)9-14-10-15(21-17(26)20-14)16(25)23-6-3-22(4-7-23)5-8-24-12-18-11-19-24/h10-13H,3-9H2,1-2H3,(H,20,21,26). The second kappa shape index (κ2) is 8.22. The average molecular weight is 359 g/mol. The maximum Gasteiger partial charge on any atom is 0.345 e. The maximum absolute atomic E-state index is 12.7. The molecule has 1 aliphatic rings. The number of amides is 1. The summed E-state index contributed by atoms with van der Waals surface area (Å²) in [7, 11) is 0. The Hall–Kier alpha value is -2.55. The Bertz CT molecular complexity index is 777. The highest BCUT2D eigenvalue weighted by Gasteiger charge is 2.23. The second-order valence-corrected chi connectivity index (χ2v) is 6.99. The third kappa shape index (κ3) is 4.75. The largest absolute Gasteiger partial charge is 0.345 e. The van der Waals surface area contributed by atoms with Crippen molar-refractivity contribution in [3.63, 3.8) is 0 Å². The number of carbonyl (C=O) groups excluding carboxylic acids is 1. The molecule has 1 saturated heterocycles. The molecule has 1 N–H and O–H groups in total. The van der Waals surface area contributed by atoms with Crippen LogP contribution < -0.4 is 5.69 Å². The molecule has 0 bridgehead atoms. The van der Waals surface area contributed by atoms with E-state index in [4.69, 9.17) is 0 Å². The summed E-state index contributed by atoms with van der Waals surface area (Å²) in [6, 6.07) is 1.71. The maximum atomic E-state index is 12.7. The van der Waals surface area contributed by atoms with Crippen molar-refractivity contribution in [1.29, 1.82) is 0 Å². The van der Waals surface area contributed by atoms with Crippen LogP contribution in [0.25, 0.3) is 0 Å².